The fourth-order valence-corrected chi connectivity index (χ4v) is 1.68. The zero-order valence-electron chi connectivity index (χ0n) is 11.9. The van der Waals surface area contributed by atoms with Crippen molar-refractivity contribution in [2.75, 3.05) is 53.9 Å². The van der Waals surface area contributed by atoms with Crippen molar-refractivity contribution < 1.29 is 0 Å². The van der Waals surface area contributed by atoms with Crippen LogP contribution in [0.4, 0.5) is 0 Å². The van der Waals surface area contributed by atoms with E-state index in [4.69, 9.17) is 0 Å². The number of hydrogen-bond acceptors (Lipinski definition) is 4. The van der Waals surface area contributed by atoms with Gasteiger partial charge in [-0.25, -0.2) is 0 Å². The van der Waals surface area contributed by atoms with Gasteiger partial charge in [-0.05, 0) is 45.3 Å². The van der Waals surface area contributed by atoms with Crippen molar-refractivity contribution >= 4 is 0 Å². The van der Waals surface area contributed by atoms with E-state index in [0.29, 0.717) is 0 Å². The van der Waals surface area contributed by atoms with Gasteiger partial charge in [0.05, 0.1) is 0 Å². The van der Waals surface area contributed by atoms with Crippen molar-refractivity contribution in [3.05, 3.63) is 30.1 Å². The van der Waals surface area contributed by atoms with E-state index in [1.807, 2.05) is 12.4 Å². The minimum atomic E-state index is 1.06. The molecule has 0 aliphatic heterocycles. The fraction of sp³-hybridized carbons (Fsp3) is 0.643. The average molecular weight is 250 g/mol. The molecule has 102 valence electrons. The van der Waals surface area contributed by atoms with Gasteiger partial charge >= 0.3 is 0 Å². The Hall–Kier alpha value is -0.970. The number of aromatic nitrogens is 1. The molecule has 4 heteroatoms. The SMILES string of the molecule is CN(C)CCNCCN(C)CCc1ccncc1. The number of likely N-dealkylation sites (N-methyl/N-ethyl adjacent to an activating group) is 2. The van der Waals surface area contributed by atoms with E-state index in [1.54, 1.807) is 0 Å². The highest BCUT2D eigenvalue weighted by Gasteiger charge is 1.99. The number of hydrogen-bond donors (Lipinski definition) is 1. The van der Waals surface area contributed by atoms with Crippen LogP contribution >= 0.6 is 0 Å². The van der Waals surface area contributed by atoms with Gasteiger partial charge in [-0.3, -0.25) is 4.98 Å². The third-order valence-corrected chi connectivity index (χ3v) is 2.94. The summed E-state index contributed by atoms with van der Waals surface area (Å²) in [5.41, 5.74) is 1.36. The molecule has 1 N–H and O–H groups in total. The van der Waals surface area contributed by atoms with Crippen LogP contribution in [0.5, 0.6) is 0 Å². The van der Waals surface area contributed by atoms with Gasteiger partial charge in [0, 0.05) is 45.1 Å². The predicted molar refractivity (Wildman–Crippen MR) is 76.9 cm³/mol. The Morgan fingerprint density at radius 1 is 1.00 bits per heavy atom. The minimum Gasteiger partial charge on any atom is -0.314 e. The number of nitrogens with one attached hydrogen (secondary N) is 1. The standard InChI is InChI=1S/C14H26N4/c1-17(2)12-9-16-10-13-18(3)11-6-14-4-7-15-8-5-14/h4-5,7-8,16H,6,9-13H2,1-3H3. The number of pyridine rings is 1. The second kappa shape index (κ2) is 9.03. The molecule has 0 fully saturated rings. The zero-order valence-corrected chi connectivity index (χ0v) is 11.9. The van der Waals surface area contributed by atoms with Crippen molar-refractivity contribution in [1.29, 1.82) is 0 Å². The van der Waals surface area contributed by atoms with Crippen LogP contribution < -0.4 is 5.32 Å². The second-order valence-corrected chi connectivity index (χ2v) is 4.96. The predicted octanol–water partition coefficient (Wildman–Crippen LogP) is 0.707. The quantitative estimate of drug-likeness (QED) is 0.654. The van der Waals surface area contributed by atoms with Gasteiger partial charge < -0.3 is 15.1 Å². The molecule has 0 aliphatic carbocycles. The highest BCUT2D eigenvalue weighted by molar-refractivity contribution is 5.09. The van der Waals surface area contributed by atoms with E-state index in [-0.39, 0.29) is 0 Å². The Kier molecular flexibility index (Phi) is 7.57. The molecular formula is C14H26N4. The maximum absolute atomic E-state index is 4.03. The third kappa shape index (κ3) is 7.37. The van der Waals surface area contributed by atoms with Crippen LogP contribution in [0.15, 0.2) is 24.5 Å². The Morgan fingerprint density at radius 2 is 1.67 bits per heavy atom. The summed E-state index contributed by atoms with van der Waals surface area (Å²) in [6.45, 7) is 5.41. The number of rotatable bonds is 9. The van der Waals surface area contributed by atoms with Crippen LogP contribution in [0.1, 0.15) is 5.56 Å². The molecule has 0 saturated carbocycles. The van der Waals surface area contributed by atoms with E-state index < -0.39 is 0 Å². The Balaban J connectivity index is 2.02. The molecule has 0 bridgehead atoms. The Morgan fingerprint density at radius 3 is 2.33 bits per heavy atom. The van der Waals surface area contributed by atoms with Crippen molar-refractivity contribution in [3.63, 3.8) is 0 Å². The lowest BCUT2D eigenvalue weighted by Gasteiger charge is -2.17. The van der Waals surface area contributed by atoms with Gasteiger partial charge in [0.25, 0.3) is 0 Å². The first kappa shape index (κ1) is 15.1. The first-order valence-corrected chi connectivity index (χ1v) is 6.61. The van der Waals surface area contributed by atoms with E-state index in [0.717, 1.165) is 39.1 Å². The summed E-state index contributed by atoms with van der Waals surface area (Å²) < 4.78 is 0. The lowest BCUT2D eigenvalue weighted by molar-refractivity contribution is 0.329. The molecule has 0 radical (unpaired) electrons. The van der Waals surface area contributed by atoms with Crippen LogP contribution in [0.25, 0.3) is 0 Å². The molecule has 1 aromatic heterocycles. The fourth-order valence-electron chi connectivity index (χ4n) is 1.68. The summed E-state index contributed by atoms with van der Waals surface area (Å²) in [5, 5.41) is 3.45. The van der Waals surface area contributed by atoms with E-state index in [2.05, 4.69) is 53.4 Å². The zero-order chi connectivity index (χ0) is 13.2. The van der Waals surface area contributed by atoms with Gasteiger partial charge in [-0.1, -0.05) is 0 Å². The Labute approximate surface area is 111 Å². The molecule has 0 amide bonds. The topological polar surface area (TPSA) is 31.4 Å². The molecule has 1 aromatic rings. The van der Waals surface area contributed by atoms with Gasteiger partial charge in [0.1, 0.15) is 0 Å². The summed E-state index contributed by atoms with van der Waals surface area (Å²) in [6.07, 6.45) is 4.81. The first-order chi connectivity index (χ1) is 8.68. The molecule has 0 saturated heterocycles. The highest BCUT2D eigenvalue weighted by Crippen LogP contribution is 1.98. The van der Waals surface area contributed by atoms with Crippen LogP contribution in [0.3, 0.4) is 0 Å². The molecule has 4 nitrogen and oxygen atoms in total. The summed E-state index contributed by atoms with van der Waals surface area (Å²) in [4.78, 5) is 8.59. The Bertz CT molecular complexity index is 300. The van der Waals surface area contributed by atoms with Crippen molar-refractivity contribution in [3.8, 4) is 0 Å². The van der Waals surface area contributed by atoms with Gasteiger partial charge in [-0.2, -0.15) is 0 Å². The number of nitrogens with zero attached hydrogens (tertiary/aromatic N) is 3. The molecule has 0 aliphatic rings. The molecule has 18 heavy (non-hydrogen) atoms. The van der Waals surface area contributed by atoms with Crippen LogP contribution in [0.2, 0.25) is 0 Å². The van der Waals surface area contributed by atoms with Gasteiger partial charge in [0.15, 0.2) is 0 Å². The molecule has 1 rings (SSSR count). The van der Waals surface area contributed by atoms with Crippen molar-refractivity contribution in [2.45, 2.75) is 6.42 Å². The summed E-state index contributed by atoms with van der Waals surface area (Å²) in [6, 6.07) is 4.17. The van der Waals surface area contributed by atoms with Crippen LogP contribution in [-0.2, 0) is 6.42 Å². The minimum absolute atomic E-state index is 1.06. The summed E-state index contributed by atoms with van der Waals surface area (Å²) in [7, 11) is 6.37. The summed E-state index contributed by atoms with van der Waals surface area (Å²) >= 11 is 0. The van der Waals surface area contributed by atoms with Gasteiger partial charge in [0.2, 0.25) is 0 Å². The van der Waals surface area contributed by atoms with E-state index in [9.17, 15) is 0 Å². The normalized spacial score (nSPS) is 11.4. The lowest BCUT2D eigenvalue weighted by atomic mass is 10.2. The maximum atomic E-state index is 4.03. The summed E-state index contributed by atoms with van der Waals surface area (Å²) in [5.74, 6) is 0. The molecule has 0 unspecified atom stereocenters. The molecule has 0 atom stereocenters. The van der Waals surface area contributed by atoms with Crippen LogP contribution in [0, 0.1) is 0 Å². The lowest BCUT2D eigenvalue weighted by Crippen LogP contribution is -2.34. The van der Waals surface area contributed by atoms with Gasteiger partial charge in [-0.15, -0.1) is 0 Å². The van der Waals surface area contributed by atoms with Crippen molar-refractivity contribution in [2.24, 2.45) is 0 Å². The van der Waals surface area contributed by atoms with Crippen molar-refractivity contribution in [1.82, 2.24) is 20.1 Å². The third-order valence-electron chi connectivity index (χ3n) is 2.94. The van der Waals surface area contributed by atoms with E-state index in [1.165, 1.54) is 5.56 Å². The molecule has 0 spiro atoms. The molecule has 0 aromatic carbocycles. The monoisotopic (exact) mass is 250 g/mol. The van der Waals surface area contributed by atoms with E-state index >= 15 is 0 Å². The second-order valence-electron chi connectivity index (χ2n) is 4.96. The molecule has 1 heterocycles. The van der Waals surface area contributed by atoms with Crippen LogP contribution in [-0.4, -0.2) is 68.7 Å². The highest BCUT2D eigenvalue weighted by atomic mass is 15.1. The maximum Gasteiger partial charge on any atom is 0.0270 e. The molecular weight excluding hydrogens is 224 g/mol. The largest absolute Gasteiger partial charge is 0.314 e. The smallest absolute Gasteiger partial charge is 0.0270 e. The average Bonchev–Trinajstić information content (AvgIpc) is 2.37. The first-order valence-electron chi connectivity index (χ1n) is 6.61.